The first-order chi connectivity index (χ1) is 9.65. The van der Waals surface area contributed by atoms with Crippen molar-refractivity contribution in [1.29, 1.82) is 0 Å². The molecule has 0 fully saturated rings. The Bertz CT molecular complexity index is 569. The highest BCUT2D eigenvalue weighted by Gasteiger charge is 2.12. The van der Waals surface area contributed by atoms with Crippen LogP contribution in [0.3, 0.4) is 0 Å². The summed E-state index contributed by atoms with van der Waals surface area (Å²) >= 11 is 0. The first-order valence-corrected chi connectivity index (χ1v) is 6.29. The number of carbonyl (C=O) groups excluding carboxylic acids is 1. The lowest BCUT2D eigenvalue weighted by molar-refractivity contribution is 0.0228. The van der Waals surface area contributed by atoms with Gasteiger partial charge in [0.1, 0.15) is 24.3 Å². The molecule has 20 heavy (non-hydrogen) atoms. The lowest BCUT2D eigenvalue weighted by Gasteiger charge is -2.14. The normalized spacial score (nSPS) is 11.7. The monoisotopic (exact) mass is 274 g/mol. The summed E-state index contributed by atoms with van der Waals surface area (Å²) in [5.41, 5.74) is 0.491. The van der Waals surface area contributed by atoms with E-state index in [1.54, 1.807) is 43.3 Å². The van der Waals surface area contributed by atoms with Crippen LogP contribution in [0.25, 0.3) is 0 Å². The third-order valence-corrected chi connectivity index (χ3v) is 2.60. The van der Waals surface area contributed by atoms with Crippen LogP contribution >= 0.6 is 0 Å². The zero-order chi connectivity index (χ0) is 14.4. The summed E-state index contributed by atoms with van der Waals surface area (Å²) in [6.07, 6.45) is -0.425. The van der Waals surface area contributed by atoms with E-state index in [1.807, 2.05) is 6.07 Å². The molecule has 0 heterocycles. The van der Waals surface area contributed by atoms with Crippen LogP contribution in [0.5, 0.6) is 5.75 Å². The zero-order valence-corrected chi connectivity index (χ0v) is 11.1. The maximum absolute atomic E-state index is 13.0. The predicted octanol–water partition coefficient (Wildman–Crippen LogP) is 3.45. The number of rotatable bonds is 5. The molecule has 0 aromatic heterocycles. The third kappa shape index (κ3) is 4.09. The molecule has 1 atom stereocenters. The Morgan fingerprint density at radius 2 is 1.90 bits per heavy atom. The Morgan fingerprint density at radius 3 is 2.60 bits per heavy atom. The summed E-state index contributed by atoms with van der Waals surface area (Å²) in [5, 5.41) is 0. The Kier molecular flexibility index (Phi) is 4.71. The largest absolute Gasteiger partial charge is 0.490 e. The molecule has 1 unspecified atom stereocenters. The Labute approximate surface area is 117 Å². The van der Waals surface area contributed by atoms with E-state index in [2.05, 4.69) is 0 Å². The third-order valence-electron chi connectivity index (χ3n) is 2.60. The van der Waals surface area contributed by atoms with Crippen LogP contribution in [-0.2, 0) is 4.74 Å². The molecule has 0 radical (unpaired) electrons. The topological polar surface area (TPSA) is 35.5 Å². The number of hydrogen-bond donors (Lipinski definition) is 0. The summed E-state index contributed by atoms with van der Waals surface area (Å²) in [4.78, 5) is 11.8. The van der Waals surface area contributed by atoms with Gasteiger partial charge in [0.15, 0.2) is 0 Å². The van der Waals surface area contributed by atoms with Gasteiger partial charge in [-0.3, -0.25) is 0 Å². The highest BCUT2D eigenvalue weighted by Crippen LogP contribution is 2.13. The minimum atomic E-state index is -0.425. The van der Waals surface area contributed by atoms with E-state index in [-0.39, 0.29) is 12.4 Å². The fourth-order valence-electron chi connectivity index (χ4n) is 1.63. The number of carbonyl (C=O) groups is 1. The number of hydrogen-bond acceptors (Lipinski definition) is 3. The number of esters is 1. The summed E-state index contributed by atoms with van der Waals surface area (Å²) in [5.74, 6) is -0.356. The molecular weight excluding hydrogens is 259 g/mol. The van der Waals surface area contributed by atoms with Gasteiger partial charge in [-0.15, -0.1) is 0 Å². The van der Waals surface area contributed by atoms with Gasteiger partial charge in [-0.25, -0.2) is 9.18 Å². The molecule has 2 aromatic carbocycles. The minimum Gasteiger partial charge on any atom is -0.490 e. The van der Waals surface area contributed by atoms with Gasteiger partial charge in [0, 0.05) is 6.07 Å². The van der Waals surface area contributed by atoms with Crippen LogP contribution in [0.1, 0.15) is 17.3 Å². The van der Waals surface area contributed by atoms with Crippen LogP contribution in [-0.4, -0.2) is 18.7 Å². The average molecular weight is 274 g/mol. The van der Waals surface area contributed by atoms with E-state index in [9.17, 15) is 9.18 Å². The summed E-state index contributed by atoms with van der Waals surface area (Å²) in [6.45, 7) is 1.89. The molecule has 0 bridgehead atoms. The van der Waals surface area contributed by atoms with Crippen molar-refractivity contribution >= 4 is 5.97 Å². The molecule has 4 heteroatoms. The maximum Gasteiger partial charge on any atom is 0.338 e. The summed E-state index contributed by atoms with van der Waals surface area (Å²) < 4.78 is 23.6. The maximum atomic E-state index is 13.0. The molecule has 0 aliphatic heterocycles. The van der Waals surface area contributed by atoms with Gasteiger partial charge in [0.05, 0.1) is 5.56 Å². The lowest BCUT2D eigenvalue weighted by Crippen LogP contribution is -2.22. The first kappa shape index (κ1) is 14.1. The van der Waals surface area contributed by atoms with Crippen molar-refractivity contribution in [1.82, 2.24) is 0 Å². The van der Waals surface area contributed by atoms with Gasteiger partial charge in [0.25, 0.3) is 0 Å². The van der Waals surface area contributed by atoms with Crippen LogP contribution in [0.15, 0.2) is 54.6 Å². The molecule has 0 saturated heterocycles. The molecular formula is C16H15FO3. The predicted molar refractivity (Wildman–Crippen MR) is 73.2 cm³/mol. The van der Waals surface area contributed by atoms with Gasteiger partial charge >= 0.3 is 5.97 Å². The van der Waals surface area contributed by atoms with E-state index in [0.29, 0.717) is 11.3 Å². The first-order valence-electron chi connectivity index (χ1n) is 6.29. The van der Waals surface area contributed by atoms with Crippen molar-refractivity contribution in [3.05, 3.63) is 66.0 Å². The second-order valence-corrected chi connectivity index (χ2v) is 4.35. The Morgan fingerprint density at radius 1 is 1.15 bits per heavy atom. The van der Waals surface area contributed by atoms with E-state index < -0.39 is 12.1 Å². The number of benzene rings is 2. The molecule has 0 N–H and O–H groups in total. The summed E-state index contributed by atoms with van der Waals surface area (Å²) in [6, 6.07) is 14.6. The molecule has 0 saturated carbocycles. The molecule has 0 aliphatic rings. The highest BCUT2D eigenvalue weighted by molar-refractivity contribution is 5.89. The number of ether oxygens (including phenoxy) is 2. The molecule has 3 nitrogen and oxygen atoms in total. The second kappa shape index (κ2) is 6.70. The van der Waals surface area contributed by atoms with Crippen molar-refractivity contribution in [3.8, 4) is 5.75 Å². The Hall–Kier alpha value is -2.36. The quantitative estimate of drug-likeness (QED) is 0.783. The molecule has 0 aliphatic carbocycles. The lowest BCUT2D eigenvalue weighted by atomic mass is 10.2. The summed E-state index contributed by atoms with van der Waals surface area (Å²) in [7, 11) is 0. The minimum absolute atomic E-state index is 0.169. The van der Waals surface area contributed by atoms with Gasteiger partial charge in [-0.1, -0.05) is 24.3 Å². The van der Waals surface area contributed by atoms with Crippen molar-refractivity contribution < 1.29 is 18.7 Å². The van der Waals surface area contributed by atoms with Crippen LogP contribution < -0.4 is 4.74 Å². The van der Waals surface area contributed by atoms with E-state index >= 15 is 0 Å². The van der Waals surface area contributed by atoms with Crippen molar-refractivity contribution in [2.75, 3.05) is 6.61 Å². The smallest absolute Gasteiger partial charge is 0.338 e. The highest BCUT2D eigenvalue weighted by atomic mass is 19.1. The molecule has 2 rings (SSSR count). The number of halogens is 1. The van der Waals surface area contributed by atoms with Gasteiger partial charge in [-0.05, 0) is 31.2 Å². The molecule has 104 valence electrons. The van der Waals surface area contributed by atoms with Gasteiger partial charge in [-0.2, -0.15) is 0 Å². The van der Waals surface area contributed by atoms with Crippen LogP contribution in [0, 0.1) is 5.82 Å². The van der Waals surface area contributed by atoms with Crippen molar-refractivity contribution in [2.45, 2.75) is 13.0 Å². The van der Waals surface area contributed by atoms with Gasteiger partial charge in [0.2, 0.25) is 0 Å². The standard InChI is InChI=1S/C16H15FO3/c1-12(11-19-15-9-5-8-14(17)10-15)20-16(18)13-6-3-2-4-7-13/h2-10,12H,11H2,1H3. The zero-order valence-electron chi connectivity index (χ0n) is 11.1. The molecule has 0 spiro atoms. The fourth-order valence-corrected chi connectivity index (χ4v) is 1.63. The Balaban J connectivity index is 1.84. The second-order valence-electron chi connectivity index (χ2n) is 4.35. The van der Waals surface area contributed by atoms with Crippen molar-refractivity contribution in [3.63, 3.8) is 0 Å². The van der Waals surface area contributed by atoms with E-state index in [4.69, 9.17) is 9.47 Å². The van der Waals surface area contributed by atoms with Crippen molar-refractivity contribution in [2.24, 2.45) is 0 Å². The van der Waals surface area contributed by atoms with E-state index in [0.717, 1.165) is 0 Å². The fraction of sp³-hybridized carbons (Fsp3) is 0.188. The van der Waals surface area contributed by atoms with Crippen LogP contribution in [0.2, 0.25) is 0 Å². The SMILES string of the molecule is CC(COc1cccc(F)c1)OC(=O)c1ccccc1. The van der Waals surface area contributed by atoms with E-state index in [1.165, 1.54) is 12.1 Å². The van der Waals surface area contributed by atoms with Crippen LogP contribution in [0.4, 0.5) is 4.39 Å². The molecule has 2 aromatic rings. The van der Waals surface area contributed by atoms with Gasteiger partial charge < -0.3 is 9.47 Å². The molecule has 0 amide bonds. The average Bonchev–Trinajstić information content (AvgIpc) is 2.46.